The van der Waals surface area contributed by atoms with Crippen molar-refractivity contribution >= 4 is 28.3 Å². The summed E-state index contributed by atoms with van der Waals surface area (Å²) in [5.74, 6) is -0.545. The monoisotopic (exact) mass is 379 g/mol. The minimum absolute atomic E-state index is 0. The summed E-state index contributed by atoms with van der Waals surface area (Å²) in [5, 5.41) is 6.08. The van der Waals surface area contributed by atoms with Crippen molar-refractivity contribution in [1.82, 2.24) is 14.9 Å². The van der Waals surface area contributed by atoms with Crippen LogP contribution in [0.3, 0.4) is 0 Å². The third kappa shape index (κ3) is 5.70. The van der Waals surface area contributed by atoms with Crippen LogP contribution in [0.25, 0.3) is 0 Å². The number of benzene rings is 1. The van der Waals surface area contributed by atoms with Crippen LogP contribution in [0.5, 0.6) is 0 Å². The molecule has 1 atom stereocenters. The van der Waals surface area contributed by atoms with Crippen molar-refractivity contribution in [3.63, 3.8) is 0 Å². The van der Waals surface area contributed by atoms with E-state index in [0.717, 1.165) is 31.6 Å². The van der Waals surface area contributed by atoms with Crippen LogP contribution < -0.4 is 10.6 Å². The number of sulfonamides is 1. The fourth-order valence-corrected chi connectivity index (χ4v) is 3.66. The fourth-order valence-electron chi connectivity index (χ4n) is 2.45. The molecule has 24 heavy (non-hydrogen) atoms. The van der Waals surface area contributed by atoms with Gasteiger partial charge in [0.25, 0.3) is 0 Å². The Hall–Kier alpha value is -1.22. The molecule has 0 saturated carbocycles. The lowest BCUT2D eigenvalue weighted by atomic mass is 10.2. The van der Waals surface area contributed by atoms with Crippen LogP contribution in [0, 0.1) is 5.82 Å². The van der Waals surface area contributed by atoms with Crippen molar-refractivity contribution in [2.45, 2.75) is 30.2 Å². The average Bonchev–Trinajstić information content (AvgIpc) is 3.00. The van der Waals surface area contributed by atoms with E-state index in [0.29, 0.717) is 6.42 Å². The molecule has 1 aromatic carbocycles. The lowest BCUT2D eigenvalue weighted by molar-refractivity contribution is -0.121. The van der Waals surface area contributed by atoms with Gasteiger partial charge in [-0.1, -0.05) is 0 Å². The highest BCUT2D eigenvalue weighted by Crippen LogP contribution is 2.15. The Morgan fingerprint density at radius 3 is 2.62 bits per heavy atom. The van der Waals surface area contributed by atoms with E-state index in [2.05, 4.69) is 10.6 Å². The Morgan fingerprint density at radius 1 is 1.38 bits per heavy atom. The molecule has 1 aliphatic heterocycles. The Labute approximate surface area is 148 Å². The first-order chi connectivity index (χ1) is 10.9. The van der Waals surface area contributed by atoms with Crippen molar-refractivity contribution < 1.29 is 17.6 Å². The molecule has 1 amide bonds. The quantitative estimate of drug-likeness (QED) is 0.744. The number of rotatable bonds is 7. The second-order valence-corrected chi connectivity index (χ2v) is 7.69. The lowest BCUT2D eigenvalue weighted by Gasteiger charge is -2.17. The number of halogens is 2. The molecule has 6 nitrogen and oxygen atoms in total. The lowest BCUT2D eigenvalue weighted by Crippen LogP contribution is -2.36. The predicted molar refractivity (Wildman–Crippen MR) is 92.1 cm³/mol. The summed E-state index contributed by atoms with van der Waals surface area (Å²) in [6.45, 7) is 1.92. The van der Waals surface area contributed by atoms with Gasteiger partial charge in [-0.25, -0.2) is 17.1 Å². The molecule has 2 N–H and O–H groups in total. The van der Waals surface area contributed by atoms with Gasteiger partial charge >= 0.3 is 0 Å². The summed E-state index contributed by atoms with van der Waals surface area (Å²) in [6.07, 6.45) is 1.63. The number of nitrogens with zero attached hydrogens (tertiary/aromatic N) is 1. The van der Waals surface area contributed by atoms with Crippen LogP contribution in [-0.2, 0) is 14.8 Å². The van der Waals surface area contributed by atoms with Crippen molar-refractivity contribution in [2.24, 2.45) is 0 Å². The summed E-state index contributed by atoms with van der Waals surface area (Å²) in [6, 6.07) is 4.87. The van der Waals surface area contributed by atoms with Gasteiger partial charge in [0.05, 0.1) is 4.90 Å². The Morgan fingerprint density at radius 2 is 2.04 bits per heavy atom. The van der Waals surface area contributed by atoms with Gasteiger partial charge in [-0.2, -0.15) is 0 Å². The largest absolute Gasteiger partial charge is 0.352 e. The molecule has 0 aromatic heterocycles. The minimum Gasteiger partial charge on any atom is -0.352 e. The van der Waals surface area contributed by atoms with Gasteiger partial charge in [0.15, 0.2) is 0 Å². The van der Waals surface area contributed by atoms with Crippen LogP contribution in [0.1, 0.15) is 19.3 Å². The van der Waals surface area contributed by atoms with Crippen LogP contribution >= 0.6 is 12.4 Å². The highest BCUT2D eigenvalue weighted by atomic mass is 35.5. The van der Waals surface area contributed by atoms with Crippen molar-refractivity contribution in [1.29, 1.82) is 0 Å². The van der Waals surface area contributed by atoms with Gasteiger partial charge in [-0.3, -0.25) is 4.79 Å². The highest BCUT2D eigenvalue weighted by Gasteiger charge is 2.21. The first-order valence-electron chi connectivity index (χ1n) is 7.61. The molecule has 0 radical (unpaired) electrons. The zero-order valence-electron chi connectivity index (χ0n) is 13.5. The topological polar surface area (TPSA) is 78.5 Å². The third-order valence-corrected chi connectivity index (χ3v) is 5.70. The minimum atomic E-state index is -3.65. The molecule has 1 aliphatic rings. The summed E-state index contributed by atoms with van der Waals surface area (Å²) in [4.78, 5) is 11.8. The molecule has 1 heterocycles. The molecule has 2 rings (SSSR count). The van der Waals surface area contributed by atoms with Gasteiger partial charge in [-0.05, 0) is 43.7 Å². The maximum atomic E-state index is 12.9. The molecule has 1 aromatic rings. The zero-order chi connectivity index (χ0) is 16.9. The summed E-state index contributed by atoms with van der Waals surface area (Å²) >= 11 is 0. The molecular formula is C15H23ClFN3O3S. The predicted octanol–water partition coefficient (Wildman–Crippen LogP) is 1.13. The molecule has 1 saturated heterocycles. The van der Waals surface area contributed by atoms with Gasteiger partial charge in [-0.15, -0.1) is 12.4 Å². The molecule has 0 spiro atoms. The van der Waals surface area contributed by atoms with E-state index in [1.54, 1.807) is 0 Å². The summed E-state index contributed by atoms with van der Waals surface area (Å²) in [7, 11) is -2.20. The third-order valence-electron chi connectivity index (χ3n) is 3.82. The van der Waals surface area contributed by atoms with Crippen molar-refractivity contribution in [2.75, 3.05) is 26.7 Å². The Kier molecular flexibility index (Phi) is 8.08. The van der Waals surface area contributed by atoms with Crippen molar-refractivity contribution in [3.8, 4) is 0 Å². The van der Waals surface area contributed by atoms with E-state index in [1.165, 1.54) is 23.5 Å². The first kappa shape index (κ1) is 20.8. The SMILES string of the molecule is CN(CCCC(=O)NC1CCNC1)S(=O)(=O)c1ccc(F)cc1.Cl. The molecule has 9 heteroatoms. The molecule has 0 aliphatic carbocycles. The van der Waals surface area contributed by atoms with Crippen LogP contribution in [0.15, 0.2) is 29.2 Å². The Balaban J connectivity index is 0.00000288. The number of carbonyl (C=O) groups excluding carboxylic acids is 1. The smallest absolute Gasteiger partial charge is 0.242 e. The number of carbonyl (C=O) groups is 1. The number of hydrogen-bond donors (Lipinski definition) is 2. The van der Waals surface area contributed by atoms with Gasteiger partial charge < -0.3 is 10.6 Å². The normalized spacial score (nSPS) is 17.5. The van der Waals surface area contributed by atoms with E-state index in [1.807, 2.05) is 0 Å². The van der Waals surface area contributed by atoms with Crippen LogP contribution in [-0.4, -0.2) is 51.4 Å². The van der Waals surface area contributed by atoms with E-state index in [-0.39, 0.29) is 42.2 Å². The molecular weight excluding hydrogens is 357 g/mol. The second kappa shape index (κ2) is 9.31. The molecule has 1 unspecified atom stereocenters. The van der Waals surface area contributed by atoms with E-state index in [9.17, 15) is 17.6 Å². The first-order valence-corrected chi connectivity index (χ1v) is 9.05. The molecule has 0 bridgehead atoms. The number of amides is 1. The summed E-state index contributed by atoms with van der Waals surface area (Å²) < 4.78 is 38.6. The molecule has 1 fully saturated rings. The molecule has 136 valence electrons. The zero-order valence-corrected chi connectivity index (χ0v) is 15.1. The second-order valence-electron chi connectivity index (χ2n) is 5.64. The maximum absolute atomic E-state index is 12.9. The highest BCUT2D eigenvalue weighted by molar-refractivity contribution is 7.89. The standard InChI is InChI=1S/C15H22FN3O3S.ClH/c1-19(23(21,22)14-6-4-12(16)5-7-14)10-2-3-15(20)18-13-8-9-17-11-13;/h4-7,13,17H,2-3,8-11H2,1H3,(H,18,20);1H. The van der Waals surface area contributed by atoms with Gasteiger partial charge in [0.2, 0.25) is 15.9 Å². The van der Waals surface area contributed by atoms with Gasteiger partial charge in [0.1, 0.15) is 5.82 Å². The van der Waals surface area contributed by atoms with Crippen molar-refractivity contribution in [3.05, 3.63) is 30.1 Å². The van der Waals surface area contributed by atoms with Crippen LogP contribution in [0.4, 0.5) is 4.39 Å². The van der Waals surface area contributed by atoms with Crippen LogP contribution in [0.2, 0.25) is 0 Å². The fraction of sp³-hybridized carbons (Fsp3) is 0.533. The van der Waals surface area contributed by atoms with Gasteiger partial charge in [0, 0.05) is 32.6 Å². The van der Waals surface area contributed by atoms with E-state index >= 15 is 0 Å². The number of hydrogen-bond acceptors (Lipinski definition) is 4. The Bertz CT molecular complexity index is 634. The van der Waals surface area contributed by atoms with E-state index in [4.69, 9.17) is 0 Å². The maximum Gasteiger partial charge on any atom is 0.242 e. The average molecular weight is 380 g/mol. The number of nitrogens with one attached hydrogen (secondary N) is 2. The van der Waals surface area contributed by atoms with E-state index < -0.39 is 15.8 Å². The summed E-state index contributed by atoms with van der Waals surface area (Å²) in [5.41, 5.74) is 0.